The molecule has 3 nitrogen and oxygen atoms in total. The molecule has 3 heteroatoms. The van der Waals surface area contributed by atoms with Crippen molar-refractivity contribution in [2.24, 2.45) is 5.92 Å². The van der Waals surface area contributed by atoms with Crippen LogP contribution in [-0.4, -0.2) is 19.2 Å². The van der Waals surface area contributed by atoms with Crippen molar-refractivity contribution in [3.63, 3.8) is 0 Å². The summed E-state index contributed by atoms with van der Waals surface area (Å²) in [6.45, 7) is 10.9. The number of hydrogen-bond donors (Lipinski definition) is 0. The Kier molecular flexibility index (Phi) is 6.21. The fourth-order valence-corrected chi connectivity index (χ4v) is 1.83. The monoisotopic (exact) mass is 278 g/mol. The molecule has 0 aromatic heterocycles. The zero-order valence-corrected chi connectivity index (χ0v) is 13.2. The van der Waals surface area contributed by atoms with Gasteiger partial charge in [0.05, 0.1) is 6.61 Å². The largest absolute Gasteiger partial charge is 0.468 e. The molecule has 1 aromatic rings. The summed E-state index contributed by atoms with van der Waals surface area (Å²) >= 11 is 0. The summed E-state index contributed by atoms with van der Waals surface area (Å²) in [5.41, 5.74) is 1.42. The molecule has 0 amide bonds. The van der Waals surface area contributed by atoms with Crippen LogP contribution in [0.25, 0.3) is 0 Å². The molecule has 0 saturated carbocycles. The van der Waals surface area contributed by atoms with Crippen LogP contribution in [0.3, 0.4) is 0 Å². The van der Waals surface area contributed by atoms with Crippen molar-refractivity contribution in [3.8, 4) is 5.75 Å². The van der Waals surface area contributed by atoms with Crippen molar-refractivity contribution in [3.05, 3.63) is 29.8 Å². The number of benzene rings is 1. The van der Waals surface area contributed by atoms with Gasteiger partial charge in [0.2, 0.25) is 0 Å². The first-order valence-corrected chi connectivity index (χ1v) is 7.18. The van der Waals surface area contributed by atoms with E-state index in [0.29, 0.717) is 13.0 Å². The summed E-state index contributed by atoms with van der Waals surface area (Å²) in [7, 11) is 0. The topological polar surface area (TPSA) is 35.5 Å². The van der Waals surface area contributed by atoms with Crippen molar-refractivity contribution in [2.75, 3.05) is 13.4 Å². The summed E-state index contributed by atoms with van der Waals surface area (Å²) in [5.74, 6) is 0.943. The molecule has 1 atom stereocenters. The van der Waals surface area contributed by atoms with Crippen LogP contribution in [0, 0.1) is 5.92 Å². The minimum Gasteiger partial charge on any atom is -0.468 e. The molecule has 1 unspecified atom stereocenters. The van der Waals surface area contributed by atoms with Crippen LogP contribution in [0.15, 0.2) is 24.3 Å². The molecule has 0 bridgehead atoms. The first-order chi connectivity index (χ1) is 9.34. The maximum atomic E-state index is 11.4. The smallest absolute Gasteiger partial charge is 0.189 e. The van der Waals surface area contributed by atoms with Crippen LogP contribution >= 0.6 is 0 Å². The van der Waals surface area contributed by atoms with Gasteiger partial charge in [0.1, 0.15) is 11.5 Å². The number of hydrogen-bond acceptors (Lipinski definition) is 3. The Morgan fingerprint density at radius 1 is 1.20 bits per heavy atom. The van der Waals surface area contributed by atoms with Gasteiger partial charge in [-0.15, -0.1) is 0 Å². The van der Waals surface area contributed by atoms with E-state index in [1.165, 1.54) is 5.56 Å². The lowest BCUT2D eigenvalue weighted by Gasteiger charge is -2.19. The summed E-state index contributed by atoms with van der Waals surface area (Å²) in [6, 6.07) is 8.03. The van der Waals surface area contributed by atoms with Crippen LogP contribution in [0.1, 0.15) is 46.6 Å². The van der Waals surface area contributed by atoms with E-state index in [1.807, 2.05) is 26.0 Å². The Bertz CT molecular complexity index is 415. The minimum absolute atomic E-state index is 0.0631. The van der Waals surface area contributed by atoms with Crippen LogP contribution in [0.2, 0.25) is 0 Å². The van der Waals surface area contributed by atoms with E-state index >= 15 is 0 Å². The molecule has 1 aromatic carbocycles. The standard InChI is InChI=1S/C17H26O3/c1-6-16(18)13(2)11-19-12-20-15-9-7-14(8-10-15)17(3,4)5/h7-10,13H,6,11-12H2,1-5H3. The zero-order valence-electron chi connectivity index (χ0n) is 13.2. The van der Waals surface area contributed by atoms with Crippen LogP contribution in [-0.2, 0) is 14.9 Å². The van der Waals surface area contributed by atoms with Gasteiger partial charge in [0, 0.05) is 12.3 Å². The summed E-state index contributed by atoms with van der Waals surface area (Å²) in [5, 5.41) is 0. The van der Waals surface area contributed by atoms with E-state index in [1.54, 1.807) is 0 Å². The molecule has 20 heavy (non-hydrogen) atoms. The van der Waals surface area contributed by atoms with Gasteiger partial charge in [-0.05, 0) is 23.1 Å². The predicted molar refractivity (Wildman–Crippen MR) is 81.1 cm³/mol. The summed E-state index contributed by atoms with van der Waals surface area (Å²) < 4.78 is 10.9. The first-order valence-electron chi connectivity index (χ1n) is 7.18. The number of rotatable bonds is 7. The van der Waals surface area contributed by atoms with Gasteiger partial charge in [0.15, 0.2) is 6.79 Å². The Morgan fingerprint density at radius 2 is 1.80 bits per heavy atom. The molecule has 0 spiro atoms. The van der Waals surface area contributed by atoms with Crippen molar-refractivity contribution >= 4 is 5.78 Å². The quantitative estimate of drug-likeness (QED) is 0.559. The second kappa shape index (κ2) is 7.44. The fraction of sp³-hybridized carbons (Fsp3) is 0.588. The highest BCUT2D eigenvalue weighted by Gasteiger charge is 2.13. The van der Waals surface area contributed by atoms with Gasteiger partial charge in [-0.3, -0.25) is 4.79 Å². The molecule has 1 rings (SSSR count). The molecule has 0 saturated heterocycles. The molecule has 0 fully saturated rings. The number of carbonyl (C=O) groups excluding carboxylic acids is 1. The summed E-state index contributed by atoms with van der Waals surface area (Å²) in [6.07, 6.45) is 0.555. The lowest BCUT2D eigenvalue weighted by molar-refractivity contribution is -0.124. The number of ether oxygens (including phenoxy) is 2. The first kappa shape index (κ1) is 16.7. The van der Waals surface area contributed by atoms with Gasteiger partial charge in [-0.25, -0.2) is 0 Å². The van der Waals surface area contributed by atoms with Gasteiger partial charge in [0.25, 0.3) is 0 Å². The van der Waals surface area contributed by atoms with E-state index in [9.17, 15) is 4.79 Å². The molecule has 0 aliphatic heterocycles. The SMILES string of the molecule is CCC(=O)C(C)COCOc1ccc(C(C)(C)C)cc1. The molecule has 0 heterocycles. The highest BCUT2D eigenvalue weighted by molar-refractivity contribution is 5.80. The fourth-order valence-electron chi connectivity index (χ4n) is 1.83. The van der Waals surface area contributed by atoms with Gasteiger partial charge in [-0.1, -0.05) is 46.8 Å². The van der Waals surface area contributed by atoms with E-state index in [2.05, 4.69) is 32.9 Å². The summed E-state index contributed by atoms with van der Waals surface area (Å²) in [4.78, 5) is 11.4. The maximum absolute atomic E-state index is 11.4. The van der Waals surface area contributed by atoms with E-state index in [4.69, 9.17) is 9.47 Å². The lowest BCUT2D eigenvalue weighted by atomic mass is 9.87. The third-order valence-electron chi connectivity index (χ3n) is 3.30. The second-order valence-electron chi connectivity index (χ2n) is 6.13. The minimum atomic E-state index is -0.0631. The lowest BCUT2D eigenvalue weighted by Crippen LogP contribution is -2.17. The van der Waals surface area contributed by atoms with Gasteiger partial charge < -0.3 is 9.47 Å². The zero-order chi connectivity index (χ0) is 15.2. The average Bonchev–Trinajstić information content (AvgIpc) is 2.42. The highest BCUT2D eigenvalue weighted by atomic mass is 16.7. The molecule has 0 N–H and O–H groups in total. The van der Waals surface area contributed by atoms with Crippen LogP contribution in [0.5, 0.6) is 5.75 Å². The van der Waals surface area contributed by atoms with Crippen LogP contribution < -0.4 is 4.74 Å². The molecular formula is C17H26O3. The normalized spacial score (nSPS) is 13.1. The van der Waals surface area contributed by atoms with Crippen molar-refractivity contribution in [2.45, 2.75) is 46.5 Å². The number of Topliss-reactive ketones (excluding diaryl/α,β-unsaturated/α-hetero) is 1. The van der Waals surface area contributed by atoms with Crippen molar-refractivity contribution in [1.82, 2.24) is 0 Å². The number of carbonyl (C=O) groups is 1. The van der Waals surface area contributed by atoms with E-state index in [0.717, 1.165) is 5.75 Å². The molecule has 0 aliphatic carbocycles. The second-order valence-corrected chi connectivity index (χ2v) is 6.13. The highest BCUT2D eigenvalue weighted by Crippen LogP contribution is 2.24. The third kappa shape index (κ3) is 5.33. The molecule has 0 radical (unpaired) electrons. The Balaban J connectivity index is 2.34. The molecule has 0 aliphatic rings. The predicted octanol–water partition coefficient (Wildman–Crippen LogP) is 3.95. The molecule has 112 valence electrons. The Morgan fingerprint density at radius 3 is 2.30 bits per heavy atom. The van der Waals surface area contributed by atoms with Crippen molar-refractivity contribution < 1.29 is 14.3 Å². The third-order valence-corrected chi connectivity index (χ3v) is 3.30. The van der Waals surface area contributed by atoms with E-state index in [-0.39, 0.29) is 23.9 Å². The van der Waals surface area contributed by atoms with E-state index < -0.39 is 0 Å². The van der Waals surface area contributed by atoms with Gasteiger partial charge >= 0.3 is 0 Å². The Hall–Kier alpha value is -1.35. The Labute approximate surface area is 122 Å². The number of ketones is 1. The van der Waals surface area contributed by atoms with Crippen molar-refractivity contribution in [1.29, 1.82) is 0 Å². The maximum Gasteiger partial charge on any atom is 0.189 e. The molecular weight excluding hydrogens is 252 g/mol. The average molecular weight is 278 g/mol. The van der Waals surface area contributed by atoms with Crippen LogP contribution in [0.4, 0.5) is 0 Å². The van der Waals surface area contributed by atoms with Gasteiger partial charge in [-0.2, -0.15) is 0 Å².